The van der Waals surface area contributed by atoms with Crippen LogP contribution in [-0.4, -0.2) is 29.6 Å². The molecule has 2 aromatic rings. The lowest BCUT2D eigenvalue weighted by atomic mass is 10.0. The highest BCUT2D eigenvalue weighted by atomic mass is 35.5. The maximum Gasteiger partial charge on any atom is 0.326 e. The third-order valence-corrected chi connectivity index (χ3v) is 3.86. The molecule has 6 heteroatoms. The molecule has 2 aromatic carbocycles. The van der Waals surface area contributed by atoms with E-state index in [0.717, 1.165) is 10.8 Å². The molecule has 128 valence electrons. The third-order valence-electron chi connectivity index (χ3n) is 3.53. The van der Waals surface area contributed by atoms with Gasteiger partial charge in [-0.1, -0.05) is 49.7 Å². The summed E-state index contributed by atoms with van der Waals surface area (Å²) >= 11 is 6.14. The molecule has 0 aliphatic carbocycles. The van der Waals surface area contributed by atoms with Crippen LogP contribution in [0.5, 0.6) is 5.75 Å². The van der Waals surface area contributed by atoms with E-state index in [4.69, 9.17) is 21.4 Å². The third kappa shape index (κ3) is 4.61. The Labute approximate surface area is 145 Å². The summed E-state index contributed by atoms with van der Waals surface area (Å²) in [6.07, 6.45) is 0.366. The number of carbonyl (C=O) groups is 2. The summed E-state index contributed by atoms with van der Waals surface area (Å²) in [7, 11) is 0. The van der Waals surface area contributed by atoms with Gasteiger partial charge in [-0.05, 0) is 24.5 Å². The number of rotatable bonds is 7. The Hall–Kier alpha value is -2.27. The van der Waals surface area contributed by atoms with E-state index in [1.165, 1.54) is 0 Å². The van der Waals surface area contributed by atoms with Gasteiger partial charge in [0.1, 0.15) is 11.8 Å². The monoisotopic (exact) mass is 349 g/mol. The Morgan fingerprint density at radius 3 is 2.46 bits per heavy atom. The summed E-state index contributed by atoms with van der Waals surface area (Å²) in [5.74, 6) is -0.829. The fourth-order valence-electron chi connectivity index (χ4n) is 2.43. The van der Waals surface area contributed by atoms with Gasteiger partial charge < -0.3 is 15.2 Å². The second-order valence-corrected chi connectivity index (χ2v) is 6.37. The molecular formula is C18H20ClNO4. The molecule has 0 aliphatic rings. The van der Waals surface area contributed by atoms with Crippen molar-refractivity contribution in [2.75, 3.05) is 6.61 Å². The maximum atomic E-state index is 12.0. The van der Waals surface area contributed by atoms with Crippen LogP contribution in [0.1, 0.15) is 20.3 Å². The van der Waals surface area contributed by atoms with Crippen molar-refractivity contribution in [1.29, 1.82) is 0 Å². The topological polar surface area (TPSA) is 75.6 Å². The van der Waals surface area contributed by atoms with Crippen LogP contribution in [0.2, 0.25) is 5.02 Å². The van der Waals surface area contributed by atoms with Crippen molar-refractivity contribution in [2.45, 2.75) is 26.3 Å². The van der Waals surface area contributed by atoms with Crippen LogP contribution in [0, 0.1) is 5.92 Å². The van der Waals surface area contributed by atoms with Gasteiger partial charge in [-0.3, -0.25) is 4.79 Å². The van der Waals surface area contributed by atoms with E-state index in [9.17, 15) is 9.59 Å². The predicted octanol–water partition coefficient (Wildman–Crippen LogP) is 3.49. The van der Waals surface area contributed by atoms with Crippen LogP contribution in [0.3, 0.4) is 0 Å². The number of halogens is 1. The highest BCUT2D eigenvalue weighted by molar-refractivity contribution is 6.35. The van der Waals surface area contributed by atoms with Gasteiger partial charge in [-0.25, -0.2) is 4.79 Å². The van der Waals surface area contributed by atoms with E-state index in [1.54, 1.807) is 12.1 Å². The highest BCUT2D eigenvalue weighted by Crippen LogP contribution is 2.31. The number of carboxylic acids is 1. The Kier molecular flexibility index (Phi) is 6.04. The summed E-state index contributed by atoms with van der Waals surface area (Å²) in [6.45, 7) is 3.55. The molecule has 0 unspecified atom stereocenters. The minimum Gasteiger partial charge on any atom is -0.483 e. The van der Waals surface area contributed by atoms with Crippen molar-refractivity contribution in [3.63, 3.8) is 0 Å². The van der Waals surface area contributed by atoms with Crippen molar-refractivity contribution < 1.29 is 19.4 Å². The Morgan fingerprint density at radius 1 is 1.17 bits per heavy atom. The van der Waals surface area contributed by atoms with Crippen molar-refractivity contribution in [1.82, 2.24) is 5.32 Å². The fraction of sp³-hybridized carbons (Fsp3) is 0.333. The number of aliphatic carboxylic acids is 1. The number of hydrogen-bond acceptors (Lipinski definition) is 3. The molecule has 0 saturated carbocycles. The minimum atomic E-state index is -1.05. The Bertz CT molecular complexity index is 745. The van der Waals surface area contributed by atoms with Gasteiger partial charge in [0.25, 0.3) is 5.91 Å². The van der Waals surface area contributed by atoms with E-state index < -0.39 is 17.9 Å². The molecule has 1 atom stereocenters. The second-order valence-electron chi connectivity index (χ2n) is 5.97. The maximum absolute atomic E-state index is 12.0. The number of amides is 1. The molecule has 0 radical (unpaired) electrons. The van der Waals surface area contributed by atoms with Crippen LogP contribution >= 0.6 is 11.6 Å². The smallest absolute Gasteiger partial charge is 0.326 e. The quantitative estimate of drug-likeness (QED) is 0.802. The molecule has 0 spiro atoms. The average molecular weight is 350 g/mol. The van der Waals surface area contributed by atoms with Crippen molar-refractivity contribution in [2.24, 2.45) is 5.92 Å². The lowest BCUT2D eigenvalue weighted by Gasteiger charge is -2.17. The molecular weight excluding hydrogens is 330 g/mol. The summed E-state index contributed by atoms with van der Waals surface area (Å²) in [4.78, 5) is 23.2. The van der Waals surface area contributed by atoms with E-state index in [-0.39, 0.29) is 12.5 Å². The van der Waals surface area contributed by atoms with Gasteiger partial charge in [0.15, 0.2) is 6.61 Å². The number of nitrogens with one attached hydrogen (secondary N) is 1. The zero-order chi connectivity index (χ0) is 17.7. The van der Waals surface area contributed by atoms with Gasteiger partial charge in [-0.15, -0.1) is 0 Å². The number of carbonyl (C=O) groups excluding carboxylic acids is 1. The Balaban J connectivity index is 2.04. The first kappa shape index (κ1) is 18.1. The number of ether oxygens (including phenoxy) is 1. The van der Waals surface area contributed by atoms with Crippen molar-refractivity contribution in [3.8, 4) is 5.75 Å². The zero-order valence-corrected chi connectivity index (χ0v) is 14.3. The zero-order valence-electron chi connectivity index (χ0n) is 13.6. The molecule has 0 aliphatic heterocycles. The number of fused-ring (bicyclic) bond motifs is 1. The normalized spacial score (nSPS) is 12.2. The van der Waals surface area contributed by atoms with E-state index in [2.05, 4.69) is 5.32 Å². The summed E-state index contributed by atoms with van der Waals surface area (Å²) in [5, 5.41) is 13.9. The average Bonchev–Trinajstić information content (AvgIpc) is 2.53. The molecule has 0 heterocycles. The van der Waals surface area contributed by atoms with Crippen LogP contribution in [0.25, 0.3) is 10.8 Å². The fourth-order valence-corrected chi connectivity index (χ4v) is 2.66. The van der Waals surface area contributed by atoms with Gasteiger partial charge in [0.2, 0.25) is 0 Å². The molecule has 2 N–H and O–H groups in total. The lowest BCUT2D eigenvalue weighted by molar-refractivity contribution is -0.142. The molecule has 24 heavy (non-hydrogen) atoms. The van der Waals surface area contributed by atoms with Crippen LogP contribution < -0.4 is 10.1 Å². The standard InChI is InChI=1S/C18H20ClNO4/c1-11(2)9-15(18(22)23)20-17(21)10-24-16-8-7-14(19)12-5-3-4-6-13(12)16/h3-8,11,15H,9-10H2,1-2H3,(H,20,21)(H,22,23)/t15-/m0/s1. The number of carboxylic acid groups (broad SMARTS) is 1. The number of benzene rings is 2. The minimum absolute atomic E-state index is 0.160. The molecule has 0 bridgehead atoms. The summed E-state index contributed by atoms with van der Waals surface area (Å²) in [5.41, 5.74) is 0. The number of hydrogen-bond donors (Lipinski definition) is 2. The first-order valence-corrected chi connectivity index (χ1v) is 8.08. The van der Waals surface area contributed by atoms with Gasteiger partial charge in [0.05, 0.1) is 0 Å². The molecule has 0 fully saturated rings. The largest absolute Gasteiger partial charge is 0.483 e. The van der Waals surface area contributed by atoms with Gasteiger partial charge in [0, 0.05) is 15.8 Å². The molecule has 2 rings (SSSR count). The Morgan fingerprint density at radius 2 is 1.83 bits per heavy atom. The van der Waals surface area contributed by atoms with Crippen molar-refractivity contribution in [3.05, 3.63) is 41.4 Å². The predicted molar refractivity (Wildman–Crippen MR) is 93.5 cm³/mol. The van der Waals surface area contributed by atoms with Crippen LogP contribution in [-0.2, 0) is 9.59 Å². The lowest BCUT2D eigenvalue weighted by Crippen LogP contribution is -2.43. The first-order chi connectivity index (χ1) is 11.4. The molecule has 5 nitrogen and oxygen atoms in total. The summed E-state index contributed by atoms with van der Waals surface area (Å²) in [6, 6.07) is 9.93. The van der Waals surface area contributed by atoms with E-state index >= 15 is 0 Å². The molecule has 0 saturated heterocycles. The highest BCUT2D eigenvalue weighted by Gasteiger charge is 2.21. The van der Waals surface area contributed by atoms with Crippen molar-refractivity contribution >= 4 is 34.2 Å². The van der Waals surface area contributed by atoms with E-state index in [0.29, 0.717) is 17.2 Å². The van der Waals surface area contributed by atoms with Crippen LogP contribution in [0.15, 0.2) is 36.4 Å². The van der Waals surface area contributed by atoms with E-state index in [1.807, 2.05) is 38.1 Å². The van der Waals surface area contributed by atoms with Crippen LogP contribution in [0.4, 0.5) is 0 Å². The van der Waals surface area contributed by atoms with Gasteiger partial charge >= 0.3 is 5.97 Å². The second kappa shape index (κ2) is 8.02. The SMILES string of the molecule is CC(C)C[C@H](NC(=O)COc1ccc(Cl)c2ccccc12)C(=O)O. The molecule has 1 amide bonds. The molecule has 0 aromatic heterocycles. The van der Waals surface area contributed by atoms with Gasteiger partial charge in [-0.2, -0.15) is 0 Å². The summed E-state index contributed by atoms with van der Waals surface area (Å²) < 4.78 is 5.56. The first-order valence-electron chi connectivity index (χ1n) is 7.70.